The minimum Gasteiger partial charge on any atom is -0.488 e. The highest BCUT2D eigenvalue weighted by Gasteiger charge is 2.18. The Morgan fingerprint density at radius 3 is 2.39 bits per heavy atom. The highest BCUT2D eigenvalue weighted by atomic mass is 16.5. The van der Waals surface area contributed by atoms with E-state index in [2.05, 4.69) is 58.1 Å². The van der Waals surface area contributed by atoms with Crippen molar-refractivity contribution in [3.63, 3.8) is 0 Å². The smallest absolute Gasteiger partial charge is 0.124 e. The number of hydrogen-bond acceptors (Lipinski definition) is 2. The van der Waals surface area contributed by atoms with Gasteiger partial charge in [0.05, 0.1) is 0 Å². The molecular weight excluding hydrogens is 222 g/mol. The number of rotatable bonds is 6. The lowest BCUT2D eigenvalue weighted by atomic mass is 10.0. The zero-order valence-corrected chi connectivity index (χ0v) is 12.4. The van der Waals surface area contributed by atoms with Crippen molar-refractivity contribution >= 4 is 0 Å². The fraction of sp³-hybridized carbons (Fsp3) is 0.625. The predicted molar refractivity (Wildman–Crippen MR) is 78.1 cm³/mol. The summed E-state index contributed by atoms with van der Waals surface area (Å²) in [6, 6.07) is 8.73. The fourth-order valence-electron chi connectivity index (χ4n) is 1.98. The van der Waals surface area contributed by atoms with Crippen molar-refractivity contribution < 1.29 is 4.74 Å². The minimum absolute atomic E-state index is 0.154. The second-order valence-corrected chi connectivity index (χ2v) is 5.67. The summed E-state index contributed by atoms with van der Waals surface area (Å²) in [5.74, 6) is 1.00. The minimum atomic E-state index is -0.154. The van der Waals surface area contributed by atoms with Crippen LogP contribution in [0, 0.1) is 0 Å². The average Bonchev–Trinajstić information content (AvgIpc) is 2.30. The number of benzene rings is 1. The van der Waals surface area contributed by atoms with Crippen molar-refractivity contribution in [1.29, 1.82) is 0 Å². The van der Waals surface area contributed by atoms with Gasteiger partial charge in [-0.2, -0.15) is 0 Å². The first-order chi connectivity index (χ1) is 8.48. The lowest BCUT2D eigenvalue weighted by Crippen LogP contribution is -2.26. The molecule has 0 aliphatic heterocycles. The molecule has 0 aromatic heterocycles. The van der Waals surface area contributed by atoms with Crippen molar-refractivity contribution in [2.45, 2.75) is 59.1 Å². The van der Waals surface area contributed by atoms with E-state index in [0.29, 0.717) is 6.04 Å². The maximum absolute atomic E-state index is 6.06. The third kappa shape index (κ3) is 4.69. The average molecular weight is 249 g/mol. The van der Waals surface area contributed by atoms with Gasteiger partial charge in [-0.3, -0.25) is 0 Å². The first-order valence-electron chi connectivity index (χ1n) is 6.99. The Kier molecular flexibility index (Phi) is 5.67. The molecule has 2 nitrogen and oxygen atoms in total. The molecule has 1 unspecified atom stereocenters. The Bertz CT molecular complexity index is 354. The monoisotopic (exact) mass is 249 g/mol. The topological polar surface area (TPSA) is 21.3 Å². The van der Waals surface area contributed by atoms with Gasteiger partial charge in [0, 0.05) is 11.6 Å². The molecule has 102 valence electrons. The second kappa shape index (κ2) is 6.79. The third-order valence-electron chi connectivity index (χ3n) is 2.76. The van der Waals surface area contributed by atoms with E-state index < -0.39 is 0 Å². The van der Waals surface area contributed by atoms with Crippen molar-refractivity contribution in [2.75, 3.05) is 6.54 Å². The van der Waals surface area contributed by atoms with Crippen LogP contribution < -0.4 is 10.1 Å². The summed E-state index contributed by atoms with van der Waals surface area (Å²) in [6.07, 6.45) is 2.23. The molecule has 1 aromatic rings. The van der Waals surface area contributed by atoms with Gasteiger partial charge in [0.1, 0.15) is 11.4 Å². The Balaban J connectivity index is 2.91. The van der Waals surface area contributed by atoms with Crippen LogP contribution in [0.3, 0.4) is 0 Å². The molecule has 1 atom stereocenters. The molecular formula is C16H27NO. The van der Waals surface area contributed by atoms with E-state index in [0.717, 1.165) is 25.1 Å². The van der Waals surface area contributed by atoms with Crippen LogP contribution in [0.4, 0.5) is 0 Å². The molecule has 0 saturated heterocycles. The van der Waals surface area contributed by atoms with Gasteiger partial charge >= 0.3 is 0 Å². The molecule has 1 aromatic carbocycles. The molecule has 1 N–H and O–H groups in total. The van der Waals surface area contributed by atoms with E-state index in [1.54, 1.807) is 0 Å². The largest absolute Gasteiger partial charge is 0.488 e. The summed E-state index contributed by atoms with van der Waals surface area (Å²) in [7, 11) is 0. The van der Waals surface area contributed by atoms with E-state index >= 15 is 0 Å². The van der Waals surface area contributed by atoms with Crippen LogP contribution in [0.2, 0.25) is 0 Å². The molecule has 0 bridgehead atoms. The van der Waals surface area contributed by atoms with Gasteiger partial charge < -0.3 is 10.1 Å². The summed E-state index contributed by atoms with van der Waals surface area (Å²) in [5.41, 5.74) is 1.11. The van der Waals surface area contributed by atoms with Gasteiger partial charge in [-0.15, -0.1) is 0 Å². The number of para-hydroxylation sites is 1. The van der Waals surface area contributed by atoms with Crippen LogP contribution in [0.1, 0.15) is 59.1 Å². The molecule has 2 heteroatoms. The fourth-order valence-corrected chi connectivity index (χ4v) is 1.98. The molecule has 0 amide bonds. The van der Waals surface area contributed by atoms with Gasteiger partial charge in [0.15, 0.2) is 0 Å². The van der Waals surface area contributed by atoms with E-state index in [1.165, 1.54) is 5.56 Å². The van der Waals surface area contributed by atoms with Crippen molar-refractivity contribution in [2.24, 2.45) is 0 Å². The van der Waals surface area contributed by atoms with E-state index in [1.807, 2.05) is 6.07 Å². The van der Waals surface area contributed by atoms with Gasteiger partial charge in [0.25, 0.3) is 0 Å². The normalized spacial score (nSPS) is 13.4. The quantitative estimate of drug-likeness (QED) is 0.811. The molecule has 0 radical (unpaired) electrons. The van der Waals surface area contributed by atoms with Crippen LogP contribution in [0.25, 0.3) is 0 Å². The van der Waals surface area contributed by atoms with Gasteiger partial charge in [-0.1, -0.05) is 32.0 Å². The van der Waals surface area contributed by atoms with Crippen LogP contribution in [0.5, 0.6) is 5.75 Å². The summed E-state index contributed by atoms with van der Waals surface area (Å²) in [6.45, 7) is 11.7. The Morgan fingerprint density at radius 1 is 1.17 bits per heavy atom. The summed E-state index contributed by atoms with van der Waals surface area (Å²) in [5, 5.41) is 3.58. The van der Waals surface area contributed by atoms with E-state index in [4.69, 9.17) is 4.74 Å². The number of nitrogens with one attached hydrogen (secondary N) is 1. The zero-order chi connectivity index (χ0) is 13.6. The predicted octanol–water partition coefficient (Wildman–Crippen LogP) is 4.31. The van der Waals surface area contributed by atoms with Gasteiger partial charge in [0.2, 0.25) is 0 Å². The Hall–Kier alpha value is -1.02. The zero-order valence-electron chi connectivity index (χ0n) is 12.4. The highest BCUT2D eigenvalue weighted by Crippen LogP contribution is 2.29. The molecule has 0 saturated carbocycles. The molecule has 1 rings (SSSR count). The van der Waals surface area contributed by atoms with E-state index in [-0.39, 0.29) is 5.60 Å². The maximum atomic E-state index is 6.06. The second-order valence-electron chi connectivity index (χ2n) is 5.67. The highest BCUT2D eigenvalue weighted by molar-refractivity contribution is 5.36. The molecule has 18 heavy (non-hydrogen) atoms. The SMILES string of the molecule is CCCNC(CC)c1ccccc1OC(C)(C)C. The molecule has 0 spiro atoms. The first-order valence-corrected chi connectivity index (χ1v) is 6.99. The molecule has 0 heterocycles. The van der Waals surface area contributed by atoms with Crippen molar-refractivity contribution in [3.05, 3.63) is 29.8 Å². The summed E-state index contributed by atoms with van der Waals surface area (Å²) < 4.78 is 6.06. The number of hydrogen-bond donors (Lipinski definition) is 1. The summed E-state index contributed by atoms with van der Waals surface area (Å²) in [4.78, 5) is 0. The maximum Gasteiger partial charge on any atom is 0.124 e. The van der Waals surface area contributed by atoms with Crippen LogP contribution in [0.15, 0.2) is 24.3 Å². The van der Waals surface area contributed by atoms with Crippen LogP contribution >= 0.6 is 0 Å². The first kappa shape index (κ1) is 15.0. The number of ether oxygens (including phenoxy) is 1. The lowest BCUT2D eigenvalue weighted by molar-refractivity contribution is 0.128. The molecule has 0 aliphatic carbocycles. The van der Waals surface area contributed by atoms with Gasteiger partial charge in [-0.25, -0.2) is 0 Å². The lowest BCUT2D eigenvalue weighted by Gasteiger charge is -2.26. The third-order valence-corrected chi connectivity index (χ3v) is 2.76. The standard InChI is InChI=1S/C16H27NO/c1-6-12-17-14(7-2)13-10-8-9-11-15(13)18-16(3,4)5/h8-11,14,17H,6-7,12H2,1-5H3. The van der Waals surface area contributed by atoms with Crippen LogP contribution in [-0.2, 0) is 0 Å². The van der Waals surface area contributed by atoms with Crippen molar-refractivity contribution in [1.82, 2.24) is 5.32 Å². The van der Waals surface area contributed by atoms with E-state index in [9.17, 15) is 0 Å². The Labute approximate surface area is 112 Å². The molecule has 0 aliphatic rings. The van der Waals surface area contributed by atoms with Gasteiger partial charge in [-0.05, 0) is 46.2 Å². The van der Waals surface area contributed by atoms with Crippen LogP contribution in [-0.4, -0.2) is 12.1 Å². The summed E-state index contributed by atoms with van der Waals surface area (Å²) >= 11 is 0. The Morgan fingerprint density at radius 2 is 1.83 bits per heavy atom. The van der Waals surface area contributed by atoms with Crippen molar-refractivity contribution in [3.8, 4) is 5.75 Å². The molecule has 0 fully saturated rings.